The second-order valence-electron chi connectivity index (χ2n) is 5.14. The molecule has 1 aromatic heterocycles. The van der Waals surface area contributed by atoms with E-state index in [9.17, 15) is 4.79 Å². The minimum absolute atomic E-state index is 0.163. The van der Waals surface area contributed by atoms with Gasteiger partial charge in [0, 0.05) is 5.56 Å². The van der Waals surface area contributed by atoms with Crippen LogP contribution in [0, 0.1) is 0 Å². The summed E-state index contributed by atoms with van der Waals surface area (Å²) in [7, 11) is 0. The van der Waals surface area contributed by atoms with Gasteiger partial charge in [0.05, 0.1) is 12.3 Å². The molecule has 5 heteroatoms. The topological polar surface area (TPSA) is 55.0 Å². The molecular weight excluding hydrogens is 332 g/mol. The highest BCUT2D eigenvalue weighted by Gasteiger charge is 2.13. The number of rotatable bonds is 5. The molecule has 0 fully saturated rings. The SMILES string of the molecule is CCCOc1cccc(-c2nc(C(C)C)c(Br)c(=O)[nH]2)c1. The number of benzene rings is 1. The number of nitrogens with one attached hydrogen (secondary N) is 1. The smallest absolute Gasteiger partial charge is 0.265 e. The van der Waals surface area contributed by atoms with E-state index in [0.29, 0.717) is 16.9 Å². The Bertz CT molecular complexity index is 680. The molecule has 112 valence electrons. The van der Waals surface area contributed by atoms with Crippen LogP contribution in [0.3, 0.4) is 0 Å². The van der Waals surface area contributed by atoms with E-state index in [-0.39, 0.29) is 11.5 Å². The van der Waals surface area contributed by atoms with E-state index in [4.69, 9.17) is 4.74 Å². The highest BCUT2D eigenvalue weighted by atomic mass is 79.9. The highest BCUT2D eigenvalue weighted by molar-refractivity contribution is 9.10. The van der Waals surface area contributed by atoms with Crippen molar-refractivity contribution in [2.75, 3.05) is 6.61 Å². The third kappa shape index (κ3) is 3.73. The summed E-state index contributed by atoms with van der Waals surface area (Å²) < 4.78 is 6.12. The Morgan fingerprint density at radius 1 is 1.38 bits per heavy atom. The minimum atomic E-state index is -0.163. The van der Waals surface area contributed by atoms with Gasteiger partial charge in [0.1, 0.15) is 16.0 Å². The van der Waals surface area contributed by atoms with Crippen LogP contribution < -0.4 is 10.3 Å². The first-order valence-electron chi connectivity index (χ1n) is 7.05. The van der Waals surface area contributed by atoms with Crippen molar-refractivity contribution in [3.63, 3.8) is 0 Å². The van der Waals surface area contributed by atoms with Crippen molar-refractivity contribution in [1.82, 2.24) is 9.97 Å². The molecule has 4 nitrogen and oxygen atoms in total. The first kappa shape index (κ1) is 15.8. The summed E-state index contributed by atoms with van der Waals surface area (Å²) in [6.45, 7) is 6.76. The third-order valence-corrected chi connectivity index (χ3v) is 3.78. The van der Waals surface area contributed by atoms with Crippen LogP contribution in [0.2, 0.25) is 0 Å². The molecule has 2 aromatic rings. The van der Waals surface area contributed by atoms with Gasteiger partial charge in [0.15, 0.2) is 0 Å². The van der Waals surface area contributed by atoms with Crippen LogP contribution in [-0.4, -0.2) is 16.6 Å². The summed E-state index contributed by atoms with van der Waals surface area (Å²) in [5, 5.41) is 0. The van der Waals surface area contributed by atoms with E-state index in [2.05, 4.69) is 32.8 Å². The number of halogens is 1. The van der Waals surface area contributed by atoms with Crippen molar-refractivity contribution in [3.05, 3.63) is 44.8 Å². The molecule has 0 saturated carbocycles. The Kier molecular flexibility index (Phi) is 5.17. The molecule has 0 radical (unpaired) electrons. The first-order chi connectivity index (χ1) is 10.0. The number of ether oxygens (including phenoxy) is 1. The van der Waals surface area contributed by atoms with E-state index in [1.54, 1.807) is 0 Å². The maximum Gasteiger partial charge on any atom is 0.265 e. The van der Waals surface area contributed by atoms with Gasteiger partial charge in [-0.3, -0.25) is 4.79 Å². The molecule has 0 aliphatic carbocycles. The minimum Gasteiger partial charge on any atom is -0.494 e. The van der Waals surface area contributed by atoms with Crippen LogP contribution in [0.25, 0.3) is 11.4 Å². The molecule has 0 spiro atoms. The maximum absolute atomic E-state index is 12.0. The van der Waals surface area contributed by atoms with Gasteiger partial charge in [0.2, 0.25) is 0 Å². The van der Waals surface area contributed by atoms with Crippen LogP contribution >= 0.6 is 15.9 Å². The number of hydrogen-bond donors (Lipinski definition) is 1. The van der Waals surface area contributed by atoms with Crippen LogP contribution in [0.15, 0.2) is 33.5 Å². The molecule has 0 atom stereocenters. The Hall–Kier alpha value is -1.62. The summed E-state index contributed by atoms with van der Waals surface area (Å²) in [4.78, 5) is 19.4. The zero-order valence-electron chi connectivity index (χ0n) is 12.4. The van der Waals surface area contributed by atoms with Gasteiger partial charge in [-0.25, -0.2) is 4.98 Å². The lowest BCUT2D eigenvalue weighted by atomic mass is 10.1. The second kappa shape index (κ2) is 6.89. The molecule has 0 aliphatic rings. The highest BCUT2D eigenvalue weighted by Crippen LogP contribution is 2.24. The zero-order valence-corrected chi connectivity index (χ0v) is 14.0. The Balaban J connectivity index is 2.44. The fourth-order valence-corrected chi connectivity index (χ4v) is 2.59. The maximum atomic E-state index is 12.0. The third-order valence-electron chi connectivity index (χ3n) is 3.02. The summed E-state index contributed by atoms with van der Waals surface area (Å²) in [5.41, 5.74) is 1.44. The Labute approximate surface area is 132 Å². The van der Waals surface area contributed by atoms with Gasteiger partial charge in [-0.15, -0.1) is 0 Å². The van der Waals surface area contributed by atoms with Gasteiger partial charge in [0.25, 0.3) is 5.56 Å². The number of aromatic amines is 1. The predicted molar refractivity (Wildman–Crippen MR) is 87.9 cm³/mol. The van der Waals surface area contributed by atoms with Crippen LogP contribution in [0.5, 0.6) is 5.75 Å². The van der Waals surface area contributed by atoms with E-state index < -0.39 is 0 Å². The van der Waals surface area contributed by atoms with Gasteiger partial charge in [-0.2, -0.15) is 0 Å². The van der Waals surface area contributed by atoms with Gasteiger partial charge < -0.3 is 9.72 Å². The Morgan fingerprint density at radius 3 is 2.81 bits per heavy atom. The molecule has 0 amide bonds. The van der Waals surface area contributed by atoms with Crippen molar-refractivity contribution >= 4 is 15.9 Å². The van der Waals surface area contributed by atoms with Crippen molar-refractivity contribution in [1.29, 1.82) is 0 Å². The van der Waals surface area contributed by atoms with Crippen molar-refractivity contribution in [2.24, 2.45) is 0 Å². The number of H-pyrrole nitrogens is 1. The molecule has 2 rings (SSSR count). The fraction of sp³-hybridized carbons (Fsp3) is 0.375. The second-order valence-corrected chi connectivity index (χ2v) is 5.94. The van der Waals surface area contributed by atoms with E-state index in [1.165, 1.54) is 0 Å². The summed E-state index contributed by atoms with van der Waals surface area (Å²) in [6, 6.07) is 7.61. The molecule has 1 aromatic carbocycles. The van der Waals surface area contributed by atoms with Crippen molar-refractivity contribution < 1.29 is 4.74 Å². The van der Waals surface area contributed by atoms with E-state index >= 15 is 0 Å². The molecule has 0 unspecified atom stereocenters. The average Bonchev–Trinajstić information content (AvgIpc) is 2.47. The monoisotopic (exact) mass is 350 g/mol. The molecular formula is C16H19BrN2O2. The lowest BCUT2D eigenvalue weighted by Gasteiger charge is -2.10. The van der Waals surface area contributed by atoms with E-state index in [1.807, 2.05) is 38.1 Å². The van der Waals surface area contributed by atoms with Crippen LogP contribution in [-0.2, 0) is 0 Å². The van der Waals surface area contributed by atoms with Crippen molar-refractivity contribution in [2.45, 2.75) is 33.1 Å². The molecule has 1 heterocycles. The number of hydrogen-bond acceptors (Lipinski definition) is 3. The number of aromatic nitrogens is 2. The fourth-order valence-electron chi connectivity index (χ4n) is 1.95. The summed E-state index contributed by atoms with van der Waals surface area (Å²) in [6.07, 6.45) is 0.953. The zero-order chi connectivity index (χ0) is 15.4. The lowest BCUT2D eigenvalue weighted by Crippen LogP contribution is -2.14. The largest absolute Gasteiger partial charge is 0.494 e. The first-order valence-corrected chi connectivity index (χ1v) is 7.85. The van der Waals surface area contributed by atoms with Gasteiger partial charge in [-0.05, 0) is 40.4 Å². The summed E-state index contributed by atoms with van der Waals surface area (Å²) in [5.74, 6) is 1.51. The van der Waals surface area contributed by atoms with Crippen LogP contribution in [0.1, 0.15) is 38.8 Å². The molecule has 0 bridgehead atoms. The van der Waals surface area contributed by atoms with E-state index in [0.717, 1.165) is 23.4 Å². The molecule has 0 saturated heterocycles. The van der Waals surface area contributed by atoms with Gasteiger partial charge >= 0.3 is 0 Å². The lowest BCUT2D eigenvalue weighted by molar-refractivity contribution is 0.317. The average molecular weight is 351 g/mol. The summed E-state index contributed by atoms with van der Waals surface area (Å²) >= 11 is 3.31. The van der Waals surface area contributed by atoms with Gasteiger partial charge in [-0.1, -0.05) is 32.9 Å². The normalized spacial score (nSPS) is 10.9. The molecule has 1 N–H and O–H groups in total. The number of nitrogens with zero attached hydrogens (tertiary/aromatic N) is 1. The quantitative estimate of drug-likeness (QED) is 0.882. The van der Waals surface area contributed by atoms with Crippen LogP contribution in [0.4, 0.5) is 0 Å². The standard InChI is InChI=1S/C16H19BrN2O2/c1-4-8-21-12-7-5-6-11(9-12)15-18-14(10(2)3)13(17)16(20)19-15/h5-7,9-10H,4,8H2,1-3H3,(H,18,19,20). The van der Waals surface area contributed by atoms with Crippen molar-refractivity contribution in [3.8, 4) is 17.1 Å². The molecule has 0 aliphatic heterocycles. The molecule has 21 heavy (non-hydrogen) atoms. The Morgan fingerprint density at radius 2 is 2.14 bits per heavy atom. The predicted octanol–water partition coefficient (Wildman–Crippen LogP) is 4.11.